The van der Waals surface area contributed by atoms with E-state index in [1.165, 1.54) is 0 Å². The number of nitrogens with zero attached hydrogens (tertiary/aromatic N) is 11. The van der Waals surface area contributed by atoms with Crippen LogP contribution >= 0.6 is 0 Å². The van der Waals surface area contributed by atoms with Crippen LogP contribution in [0.15, 0.2) is 103 Å². The van der Waals surface area contributed by atoms with Crippen LogP contribution in [0.4, 0.5) is 11.6 Å². The second-order valence-electron chi connectivity index (χ2n) is 11.1. The van der Waals surface area contributed by atoms with Crippen LogP contribution in [0.25, 0.3) is 22.2 Å². The molecule has 4 aromatic heterocycles. The molecule has 0 amide bonds. The summed E-state index contributed by atoms with van der Waals surface area (Å²) in [6.45, 7) is 0. The number of fused-ring (bicyclic) bond motifs is 18. The lowest BCUT2D eigenvalue weighted by molar-refractivity contribution is -0.672. The van der Waals surface area contributed by atoms with Gasteiger partial charge in [0, 0.05) is 37.0 Å². The number of hydrogen-bond acceptors (Lipinski definition) is 7. The van der Waals surface area contributed by atoms with Crippen molar-refractivity contribution >= 4 is 45.9 Å². The van der Waals surface area contributed by atoms with E-state index in [0.29, 0.717) is 46.0 Å². The molecular formula is C32H25N12+3. The molecule has 4 aromatic rings. The van der Waals surface area contributed by atoms with E-state index in [9.17, 15) is 0 Å². The zero-order valence-electron chi connectivity index (χ0n) is 24.3. The molecule has 0 atom stereocenters. The minimum Gasteiger partial charge on any atom is -0.347 e. The summed E-state index contributed by atoms with van der Waals surface area (Å²) >= 11 is 0. The van der Waals surface area contributed by atoms with Crippen LogP contribution in [-0.2, 0) is 28.2 Å². The summed E-state index contributed by atoms with van der Waals surface area (Å²) in [5.41, 5.74) is 7.37. The normalized spacial score (nSPS) is 14.8. The molecule has 0 unspecified atom stereocenters. The molecule has 5 aliphatic rings. The fourth-order valence-electron chi connectivity index (χ4n) is 6.26. The average molecular weight is 578 g/mol. The van der Waals surface area contributed by atoms with Crippen molar-refractivity contribution in [2.75, 3.05) is 0 Å². The Kier molecular flexibility index (Phi) is 4.87. The van der Waals surface area contributed by atoms with Gasteiger partial charge in [-0.2, -0.15) is 18.7 Å². The molecule has 9 rings (SSSR count). The molecule has 12 nitrogen and oxygen atoms in total. The van der Waals surface area contributed by atoms with Crippen LogP contribution in [0.3, 0.4) is 0 Å². The van der Waals surface area contributed by atoms with E-state index >= 15 is 0 Å². The van der Waals surface area contributed by atoms with Gasteiger partial charge in [-0.1, -0.05) is 0 Å². The van der Waals surface area contributed by atoms with E-state index < -0.39 is 0 Å². The van der Waals surface area contributed by atoms with E-state index in [0.717, 1.165) is 44.7 Å². The zero-order chi connectivity index (χ0) is 29.7. The Bertz CT molecular complexity index is 2490. The number of amidine groups is 4. The third kappa shape index (κ3) is 3.38. The molecule has 0 saturated heterocycles. The van der Waals surface area contributed by atoms with Gasteiger partial charge in [0.2, 0.25) is 17.2 Å². The largest absolute Gasteiger partial charge is 0.347 e. The van der Waals surface area contributed by atoms with Crippen molar-refractivity contribution in [3.05, 3.63) is 107 Å². The highest BCUT2D eigenvalue weighted by atomic mass is 15.2. The molecule has 12 heteroatoms. The number of hydrogen-bond donors (Lipinski definition) is 1. The van der Waals surface area contributed by atoms with E-state index in [4.69, 9.17) is 34.9 Å². The third-order valence-corrected chi connectivity index (χ3v) is 8.29. The van der Waals surface area contributed by atoms with Crippen LogP contribution < -0.4 is 24.7 Å². The first-order valence-corrected chi connectivity index (χ1v) is 14.2. The van der Waals surface area contributed by atoms with Crippen molar-refractivity contribution in [2.24, 2.45) is 58.1 Å². The summed E-state index contributed by atoms with van der Waals surface area (Å²) in [4.78, 5) is 38.7. The number of aromatic nitrogens is 6. The Labute approximate surface area is 250 Å². The van der Waals surface area contributed by atoms with Gasteiger partial charge in [0.15, 0.2) is 41.9 Å². The van der Waals surface area contributed by atoms with Crippen molar-refractivity contribution < 1.29 is 13.7 Å². The summed E-state index contributed by atoms with van der Waals surface area (Å²) in [6, 6.07) is 16.0. The number of rotatable bonds is 0. The average Bonchev–Trinajstić information content (AvgIpc) is 3.74. The predicted octanol–water partition coefficient (Wildman–Crippen LogP) is 1.11. The fourth-order valence-corrected chi connectivity index (χ4v) is 6.26. The summed E-state index contributed by atoms with van der Waals surface area (Å²) in [7, 11) is 7.94. The van der Waals surface area contributed by atoms with Gasteiger partial charge >= 0.3 is 0 Å². The number of aryl methyl sites for hydroxylation is 4. The van der Waals surface area contributed by atoms with Crippen molar-refractivity contribution in [3.8, 4) is 11.3 Å². The van der Waals surface area contributed by atoms with Gasteiger partial charge in [-0.15, -0.1) is 0 Å². The summed E-state index contributed by atoms with van der Waals surface area (Å²) in [5.74, 6) is 3.22. The van der Waals surface area contributed by atoms with Crippen molar-refractivity contribution in [1.29, 1.82) is 0 Å². The second-order valence-corrected chi connectivity index (χ2v) is 11.1. The standard InChI is InChI=1S/C32H25N12/c1-41-13-5-9-17-21(41)29-35-25(17)33-26-19-11-7-15-43(3)23(19)31(37-26)40-32-24-20(12-8-16-44(24)4)28(38-32)34-27-18-10-6-14-42(2)22(18)30(36-27)39-29/h5-16H,1-4H3,(H,33,34,35,36,37,38,39,40)/q+3. The number of aliphatic imine (C=N–C) groups is 4. The van der Waals surface area contributed by atoms with Crippen LogP contribution in [0.1, 0.15) is 22.5 Å². The maximum absolute atomic E-state index is 5.10. The maximum atomic E-state index is 5.10. The monoisotopic (exact) mass is 577 g/mol. The number of nitrogens with one attached hydrogen (secondary N) is 1. The van der Waals surface area contributed by atoms with Gasteiger partial charge in [-0.05, 0) is 30.3 Å². The predicted molar refractivity (Wildman–Crippen MR) is 162 cm³/mol. The number of H-pyrrole nitrogens is 1. The lowest BCUT2D eigenvalue weighted by atomic mass is 10.1. The van der Waals surface area contributed by atoms with Crippen molar-refractivity contribution in [2.45, 2.75) is 0 Å². The Morgan fingerprint density at radius 3 is 1.95 bits per heavy atom. The molecule has 9 heterocycles. The molecule has 0 radical (unpaired) electrons. The maximum Gasteiger partial charge on any atom is 0.261 e. The summed E-state index contributed by atoms with van der Waals surface area (Å²) in [5, 5.41) is 0.915. The highest BCUT2D eigenvalue weighted by Gasteiger charge is 2.34. The van der Waals surface area contributed by atoms with Gasteiger partial charge < -0.3 is 9.55 Å². The van der Waals surface area contributed by atoms with Crippen LogP contribution in [-0.4, -0.2) is 37.9 Å². The number of pyridine rings is 4. The zero-order valence-corrected chi connectivity index (χ0v) is 24.3. The minimum atomic E-state index is 0.523. The summed E-state index contributed by atoms with van der Waals surface area (Å²) in [6.07, 6.45) is 7.94. The summed E-state index contributed by atoms with van der Waals surface area (Å²) < 4.78 is 8.07. The third-order valence-electron chi connectivity index (χ3n) is 8.29. The van der Waals surface area contributed by atoms with E-state index in [1.54, 1.807) is 0 Å². The molecule has 5 aliphatic heterocycles. The van der Waals surface area contributed by atoms with Crippen LogP contribution in [0, 0.1) is 0 Å². The first-order valence-electron chi connectivity index (χ1n) is 14.2. The van der Waals surface area contributed by atoms with Crippen molar-refractivity contribution in [3.63, 3.8) is 0 Å². The van der Waals surface area contributed by atoms with Crippen LogP contribution in [0.2, 0.25) is 0 Å². The van der Waals surface area contributed by atoms with Gasteiger partial charge in [0.1, 0.15) is 26.6 Å². The van der Waals surface area contributed by atoms with E-state index in [1.807, 2.05) is 120 Å². The highest BCUT2D eigenvalue weighted by Crippen LogP contribution is 2.40. The fraction of sp³-hybridized carbons (Fsp3) is 0.125. The number of aromatic amines is 1. The molecule has 0 aliphatic carbocycles. The molecule has 8 bridgehead atoms. The van der Waals surface area contributed by atoms with E-state index in [-0.39, 0.29) is 0 Å². The van der Waals surface area contributed by atoms with Crippen molar-refractivity contribution in [1.82, 2.24) is 14.5 Å². The van der Waals surface area contributed by atoms with Crippen LogP contribution in [0.5, 0.6) is 0 Å². The Morgan fingerprint density at radius 1 is 0.591 bits per heavy atom. The Hall–Kier alpha value is -6.04. The molecule has 44 heavy (non-hydrogen) atoms. The minimum absolute atomic E-state index is 0.523. The SMILES string of the molecule is Cn1cccc2c3nc(c1-2)N=C1N=C(N=c2[nH]c(c4c2ccc[n+]4C)=NC2=NC(=N3)c3ccc[n+](C)c32)c2ccc[n+](C)c21. The van der Waals surface area contributed by atoms with Gasteiger partial charge in [0.25, 0.3) is 16.9 Å². The molecule has 0 fully saturated rings. The lowest BCUT2D eigenvalue weighted by Gasteiger charge is -2.07. The molecule has 210 valence electrons. The lowest BCUT2D eigenvalue weighted by Crippen LogP contribution is -2.37. The smallest absolute Gasteiger partial charge is 0.261 e. The Balaban J connectivity index is 1.45. The highest BCUT2D eigenvalue weighted by molar-refractivity contribution is 6.22. The molecule has 0 aromatic carbocycles. The van der Waals surface area contributed by atoms with Gasteiger partial charge in [0.05, 0.1) is 22.2 Å². The first kappa shape index (κ1) is 24.5. The second kappa shape index (κ2) is 8.74. The first-order chi connectivity index (χ1) is 21.4. The molecule has 0 spiro atoms. The van der Waals surface area contributed by atoms with Gasteiger partial charge in [-0.3, -0.25) is 0 Å². The Morgan fingerprint density at radius 2 is 1.18 bits per heavy atom. The molecule has 0 saturated carbocycles. The molecular weight excluding hydrogens is 552 g/mol. The quantitative estimate of drug-likeness (QED) is 0.268. The van der Waals surface area contributed by atoms with Gasteiger partial charge in [-0.25, -0.2) is 29.9 Å². The van der Waals surface area contributed by atoms with E-state index in [2.05, 4.69) is 4.98 Å². The topological polar surface area (TPSA) is 119 Å². The molecule has 1 N–H and O–H groups in total.